The van der Waals surface area contributed by atoms with E-state index in [1.807, 2.05) is 37.3 Å². The Labute approximate surface area is 228 Å². The number of aryl methyl sites for hydroxylation is 1. The minimum Gasteiger partial charge on any atom is -0.497 e. The lowest BCUT2D eigenvalue weighted by molar-refractivity contribution is 0.251. The summed E-state index contributed by atoms with van der Waals surface area (Å²) in [6.45, 7) is 1.99. The van der Waals surface area contributed by atoms with E-state index in [1.165, 1.54) is 11.8 Å². The molecular formula is C25H22Cl3N5O2S. The van der Waals surface area contributed by atoms with Gasteiger partial charge in [-0.1, -0.05) is 64.8 Å². The van der Waals surface area contributed by atoms with Gasteiger partial charge in [0.2, 0.25) is 0 Å². The lowest BCUT2D eigenvalue weighted by Gasteiger charge is -2.13. The SMILES string of the molecule is COc1cccc(CSc2nnc(CNC(=O)Nc3ccc(C)c(Cl)c3)n2-c2cc(Cl)ccc2Cl)c1. The number of hydrogen-bond donors (Lipinski definition) is 2. The monoisotopic (exact) mass is 561 g/mol. The van der Waals surface area contributed by atoms with E-state index in [1.54, 1.807) is 42.0 Å². The number of rotatable bonds is 8. The molecule has 0 atom stereocenters. The van der Waals surface area contributed by atoms with Gasteiger partial charge in [0.05, 0.1) is 24.4 Å². The van der Waals surface area contributed by atoms with Crippen LogP contribution in [0.5, 0.6) is 5.75 Å². The second-order valence-corrected chi connectivity index (χ2v) is 9.94. The van der Waals surface area contributed by atoms with Crippen molar-refractivity contribution in [2.45, 2.75) is 24.4 Å². The molecule has 0 spiro atoms. The Bertz CT molecular complexity index is 1400. The topological polar surface area (TPSA) is 81.1 Å². The van der Waals surface area contributed by atoms with E-state index in [0.29, 0.717) is 43.2 Å². The van der Waals surface area contributed by atoms with Crippen LogP contribution in [-0.4, -0.2) is 27.9 Å². The molecule has 4 aromatic rings. The van der Waals surface area contributed by atoms with Crippen molar-refractivity contribution in [3.8, 4) is 11.4 Å². The summed E-state index contributed by atoms with van der Waals surface area (Å²) in [4.78, 5) is 12.5. The van der Waals surface area contributed by atoms with Crippen LogP contribution in [-0.2, 0) is 12.3 Å². The molecule has 0 aliphatic rings. The number of benzene rings is 3. The van der Waals surface area contributed by atoms with Crippen molar-refractivity contribution in [3.63, 3.8) is 0 Å². The van der Waals surface area contributed by atoms with Crippen LogP contribution in [0.2, 0.25) is 15.1 Å². The number of thioether (sulfide) groups is 1. The first-order valence-electron chi connectivity index (χ1n) is 10.8. The number of carbonyl (C=O) groups excluding carboxylic acids is 1. The predicted molar refractivity (Wildman–Crippen MR) is 146 cm³/mol. The molecule has 36 heavy (non-hydrogen) atoms. The highest BCUT2D eigenvalue weighted by molar-refractivity contribution is 7.98. The molecule has 7 nitrogen and oxygen atoms in total. The molecular weight excluding hydrogens is 541 g/mol. The number of ether oxygens (including phenoxy) is 1. The molecule has 4 rings (SSSR count). The van der Waals surface area contributed by atoms with Gasteiger partial charge in [-0.3, -0.25) is 4.57 Å². The first-order valence-corrected chi connectivity index (χ1v) is 12.9. The Morgan fingerprint density at radius 2 is 1.86 bits per heavy atom. The second-order valence-electron chi connectivity index (χ2n) is 7.74. The Morgan fingerprint density at radius 3 is 2.64 bits per heavy atom. The Balaban J connectivity index is 1.55. The van der Waals surface area contributed by atoms with E-state index < -0.39 is 6.03 Å². The van der Waals surface area contributed by atoms with Gasteiger partial charge in [0.25, 0.3) is 0 Å². The molecule has 186 valence electrons. The molecule has 2 amide bonds. The van der Waals surface area contributed by atoms with Crippen LogP contribution in [0.15, 0.2) is 65.8 Å². The number of anilines is 1. The zero-order valence-electron chi connectivity index (χ0n) is 19.4. The number of aromatic nitrogens is 3. The summed E-state index contributed by atoms with van der Waals surface area (Å²) < 4.78 is 7.11. The van der Waals surface area contributed by atoms with E-state index >= 15 is 0 Å². The van der Waals surface area contributed by atoms with Crippen LogP contribution in [0.3, 0.4) is 0 Å². The third-order valence-corrected chi connectivity index (χ3v) is 7.15. The number of amides is 2. The average molecular weight is 563 g/mol. The molecule has 0 saturated heterocycles. The van der Waals surface area contributed by atoms with E-state index in [2.05, 4.69) is 20.8 Å². The first-order chi connectivity index (χ1) is 17.3. The largest absolute Gasteiger partial charge is 0.497 e. The van der Waals surface area contributed by atoms with E-state index in [0.717, 1.165) is 16.9 Å². The minimum absolute atomic E-state index is 0.0982. The highest BCUT2D eigenvalue weighted by Crippen LogP contribution is 2.31. The lowest BCUT2D eigenvalue weighted by atomic mass is 10.2. The van der Waals surface area contributed by atoms with Crippen molar-refractivity contribution in [2.75, 3.05) is 12.4 Å². The van der Waals surface area contributed by atoms with E-state index in [9.17, 15) is 4.79 Å². The third kappa shape index (κ3) is 6.44. The summed E-state index contributed by atoms with van der Waals surface area (Å²) in [5.74, 6) is 1.89. The van der Waals surface area contributed by atoms with Crippen LogP contribution < -0.4 is 15.4 Å². The van der Waals surface area contributed by atoms with Gasteiger partial charge in [-0.2, -0.15) is 0 Å². The zero-order valence-corrected chi connectivity index (χ0v) is 22.5. The summed E-state index contributed by atoms with van der Waals surface area (Å²) >= 11 is 20.4. The number of nitrogens with zero attached hydrogens (tertiary/aromatic N) is 3. The Kier molecular flexibility index (Phi) is 8.64. The molecule has 0 fully saturated rings. The quantitative estimate of drug-likeness (QED) is 0.223. The average Bonchev–Trinajstić information content (AvgIpc) is 3.28. The molecule has 0 radical (unpaired) electrons. The first kappa shape index (κ1) is 26.2. The highest BCUT2D eigenvalue weighted by Gasteiger charge is 2.18. The normalized spacial score (nSPS) is 10.8. The third-order valence-electron chi connectivity index (χ3n) is 5.19. The molecule has 11 heteroatoms. The van der Waals surface area contributed by atoms with Gasteiger partial charge in [0.1, 0.15) is 5.75 Å². The smallest absolute Gasteiger partial charge is 0.319 e. The molecule has 1 heterocycles. The Morgan fingerprint density at radius 1 is 1.03 bits per heavy atom. The second kappa shape index (κ2) is 11.9. The van der Waals surface area contributed by atoms with Crippen molar-refractivity contribution in [1.29, 1.82) is 0 Å². The molecule has 0 unspecified atom stereocenters. The van der Waals surface area contributed by atoms with Crippen LogP contribution in [0.1, 0.15) is 17.0 Å². The van der Waals surface area contributed by atoms with Crippen molar-refractivity contribution < 1.29 is 9.53 Å². The maximum absolute atomic E-state index is 12.5. The fourth-order valence-electron chi connectivity index (χ4n) is 3.32. The molecule has 1 aromatic heterocycles. The van der Waals surface area contributed by atoms with Gasteiger partial charge in [0, 0.05) is 21.5 Å². The number of carbonyl (C=O) groups is 1. The van der Waals surface area contributed by atoms with Gasteiger partial charge in [-0.25, -0.2) is 4.79 Å². The van der Waals surface area contributed by atoms with E-state index in [-0.39, 0.29) is 6.54 Å². The molecule has 2 N–H and O–H groups in total. The summed E-state index contributed by atoms with van der Waals surface area (Å²) in [7, 11) is 1.63. The maximum Gasteiger partial charge on any atom is 0.319 e. The van der Waals surface area contributed by atoms with Crippen LogP contribution >= 0.6 is 46.6 Å². The van der Waals surface area contributed by atoms with Gasteiger partial charge in [-0.15, -0.1) is 10.2 Å². The van der Waals surface area contributed by atoms with Crippen molar-refractivity contribution in [1.82, 2.24) is 20.1 Å². The number of halogens is 3. The van der Waals surface area contributed by atoms with Crippen LogP contribution in [0.25, 0.3) is 5.69 Å². The van der Waals surface area contributed by atoms with Gasteiger partial charge in [0.15, 0.2) is 11.0 Å². The van der Waals surface area contributed by atoms with Gasteiger partial charge in [-0.05, 0) is 60.5 Å². The number of urea groups is 1. The zero-order chi connectivity index (χ0) is 25.7. The van der Waals surface area contributed by atoms with Crippen molar-refractivity contribution in [3.05, 3.63) is 92.7 Å². The van der Waals surface area contributed by atoms with Crippen LogP contribution in [0.4, 0.5) is 10.5 Å². The molecule has 0 bridgehead atoms. The minimum atomic E-state index is -0.410. The van der Waals surface area contributed by atoms with Crippen molar-refractivity contribution in [2.24, 2.45) is 0 Å². The number of nitrogens with one attached hydrogen (secondary N) is 2. The van der Waals surface area contributed by atoms with E-state index in [4.69, 9.17) is 39.5 Å². The number of methoxy groups -OCH3 is 1. The fourth-order valence-corrected chi connectivity index (χ4v) is 4.78. The lowest BCUT2D eigenvalue weighted by Crippen LogP contribution is -2.29. The summed E-state index contributed by atoms with van der Waals surface area (Å²) in [6.07, 6.45) is 0. The summed E-state index contributed by atoms with van der Waals surface area (Å²) in [5.41, 5.74) is 3.18. The highest BCUT2D eigenvalue weighted by atomic mass is 35.5. The van der Waals surface area contributed by atoms with Crippen LogP contribution in [0, 0.1) is 6.92 Å². The molecule has 0 saturated carbocycles. The van der Waals surface area contributed by atoms with Crippen molar-refractivity contribution >= 4 is 58.3 Å². The summed E-state index contributed by atoms with van der Waals surface area (Å²) in [5, 5.41) is 16.4. The predicted octanol–water partition coefficient (Wildman–Crippen LogP) is 7.16. The summed E-state index contributed by atoms with van der Waals surface area (Å²) in [6, 6.07) is 17.8. The standard InChI is InChI=1S/C25H22Cl3N5O2S/c1-15-6-8-18(12-21(15)28)30-24(34)29-13-23-31-32-25(33(23)22-11-17(26)7-9-20(22)27)36-14-16-4-3-5-19(10-16)35-2/h3-12H,13-14H2,1-2H3,(H2,29,30,34). The fraction of sp³-hybridized carbons (Fsp3) is 0.160. The number of hydrogen-bond acceptors (Lipinski definition) is 5. The molecule has 3 aromatic carbocycles. The van der Waals surface area contributed by atoms with Gasteiger partial charge < -0.3 is 15.4 Å². The van der Waals surface area contributed by atoms with Gasteiger partial charge >= 0.3 is 6.03 Å². The Hall–Kier alpha value is -2.91. The maximum atomic E-state index is 12.5. The molecule has 0 aliphatic carbocycles. The molecule has 0 aliphatic heterocycles.